The second-order valence-electron chi connectivity index (χ2n) is 5.93. The number of hydrogen-bond donors (Lipinski definition) is 4. The fraction of sp³-hybridized carbons (Fsp3) is 1.00. The molecule has 8 heteroatoms. The highest BCUT2D eigenvalue weighted by molar-refractivity contribution is 4.93. The van der Waals surface area contributed by atoms with Crippen molar-refractivity contribution in [2.45, 2.75) is 69.1 Å². The molecule has 1 heterocycles. The first kappa shape index (κ1) is 19.6. The van der Waals surface area contributed by atoms with Gasteiger partial charge < -0.3 is 20.4 Å². The van der Waals surface area contributed by atoms with Crippen molar-refractivity contribution in [2.24, 2.45) is 0 Å². The third-order valence-corrected chi connectivity index (χ3v) is 4.12. The number of unbranched alkanes of at least 4 members (excludes halogenated alkanes) is 4. The molecule has 1 rings (SSSR count). The Kier molecular flexibility index (Phi) is 8.06. The van der Waals surface area contributed by atoms with E-state index in [2.05, 4.69) is 0 Å². The van der Waals surface area contributed by atoms with Gasteiger partial charge in [0.15, 0.2) is 0 Å². The highest BCUT2D eigenvalue weighted by Gasteiger charge is 2.40. The highest BCUT2D eigenvalue weighted by atomic mass is 19.4. The van der Waals surface area contributed by atoms with E-state index >= 15 is 0 Å². The van der Waals surface area contributed by atoms with Gasteiger partial charge in [0.05, 0.1) is 18.8 Å². The number of hydrogen-bond acceptors (Lipinski definition) is 5. The maximum atomic E-state index is 12.0. The van der Waals surface area contributed by atoms with Gasteiger partial charge in [-0.1, -0.05) is 19.3 Å². The van der Waals surface area contributed by atoms with Gasteiger partial charge in [0, 0.05) is 13.0 Å². The van der Waals surface area contributed by atoms with Crippen molar-refractivity contribution < 1.29 is 33.6 Å². The smallest absolute Gasteiger partial charge is 0.389 e. The Morgan fingerprint density at radius 2 is 1.50 bits per heavy atom. The first-order valence-corrected chi connectivity index (χ1v) is 7.72. The second-order valence-corrected chi connectivity index (χ2v) is 5.93. The van der Waals surface area contributed by atoms with Crippen LogP contribution < -0.4 is 0 Å². The zero-order valence-electron chi connectivity index (χ0n) is 12.5. The van der Waals surface area contributed by atoms with Crippen LogP contribution >= 0.6 is 0 Å². The molecular formula is C14H26F3NO4. The van der Waals surface area contributed by atoms with Crippen LogP contribution in [0.1, 0.15) is 38.5 Å². The zero-order valence-corrected chi connectivity index (χ0v) is 12.5. The molecular weight excluding hydrogens is 303 g/mol. The van der Waals surface area contributed by atoms with Crippen LogP contribution in [-0.2, 0) is 0 Å². The Labute approximate surface area is 128 Å². The van der Waals surface area contributed by atoms with Crippen molar-refractivity contribution >= 4 is 0 Å². The lowest BCUT2D eigenvalue weighted by Crippen LogP contribution is -2.62. The minimum Gasteiger partial charge on any atom is -0.395 e. The average Bonchev–Trinajstić information content (AvgIpc) is 2.43. The summed E-state index contributed by atoms with van der Waals surface area (Å²) in [6, 6.07) is -0.622. The van der Waals surface area contributed by atoms with Crippen molar-refractivity contribution in [3.63, 3.8) is 0 Å². The van der Waals surface area contributed by atoms with Gasteiger partial charge in [0.2, 0.25) is 0 Å². The fourth-order valence-electron chi connectivity index (χ4n) is 2.81. The van der Waals surface area contributed by atoms with Crippen LogP contribution in [0.2, 0.25) is 0 Å². The van der Waals surface area contributed by atoms with Crippen LogP contribution in [0.4, 0.5) is 13.2 Å². The third kappa shape index (κ3) is 6.37. The normalized spacial score (nSPS) is 30.7. The Morgan fingerprint density at radius 3 is 2.09 bits per heavy atom. The van der Waals surface area contributed by atoms with E-state index < -0.39 is 37.0 Å². The van der Waals surface area contributed by atoms with Crippen molar-refractivity contribution in [3.8, 4) is 0 Å². The fourth-order valence-corrected chi connectivity index (χ4v) is 2.81. The molecule has 22 heavy (non-hydrogen) atoms. The second kappa shape index (κ2) is 9.02. The molecule has 0 aliphatic carbocycles. The van der Waals surface area contributed by atoms with Crippen molar-refractivity contribution in [1.29, 1.82) is 0 Å². The molecule has 0 radical (unpaired) electrons. The van der Waals surface area contributed by atoms with Crippen LogP contribution in [0.25, 0.3) is 0 Å². The molecule has 1 aliphatic heterocycles. The summed E-state index contributed by atoms with van der Waals surface area (Å²) in [5.41, 5.74) is 0. The Balaban J connectivity index is 2.20. The number of rotatable bonds is 8. The number of alkyl halides is 3. The van der Waals surface area contributed by atoms with E-state index in [4.69, 9.17) is 0 Å². The summed E-state index contributed by atoms with van der Waals surface area (Å²) in [7, 11) is 0. The number of nitrogens with zero attached hydrogens (tertiary/aromatic N) is 1. The Morgan fingerprint density at radius 1 is 0.909 bits per heavy atom. The number of β-amino-alcohol motifs (C(OH)–C–C–N with tert-alkyl or cyclic N) is 1. The summed E-state index contributed by atoms with van der Waals surface area (Å²) < 4.78 is 35.9. The number of halogens is 3. The number of aliphatic hydroxyl groups excluding tert-OH is 4. The largest absolute Gasteiger partial charge is 0.395 e. The van der Waals surface area contributed by atoms with Crippen molar-refractivity contribution in [3.05, 3.63) is 0 Å². The molecule has 0 aromatic carbocycles. The van der Waals surface area contributed by atoms with Gasteiger partial charge in [-0.25, -0.2) is 0 Å². The molecule has 0 aromatic rings. The van der Waals surface area contributed by atoms with E-state index in [1.165, 1.54) is 0 Å². The summed E-state index contributed by atoms with van der Waals surface area (Å²) in [6.07, 6.45) is -5.57. The van der Waals surface area contributed by atoms with E-state index in [9.17, 15) is 33.6 Å². The summed E-state index contributed by atoms with van der Waals surface area (Å²) in [4.78, 5) is 1.72. The monoisotopic (exact) mass is 329 g/mol. The summed E-state index contributed by atoms with van der Waals surface area (Å²) in [5.74, 6) is 0. The predicted octanol–water partition coefficient (Wildman–Crippen LogP) is 0.648. The first-order valence-electron chi connectivity index (χ1n) is 7.72. The van der Waals surface area contributed by atoms with E-state index in [0.717, 1.165) is 6.42 Å². The highest BCUT2D eigenvalue weighted by Crippen LogP contribution is 2.23. The predicted molar refractivity (Wildman–Crippen MR) is 74.2 cm³/mol. The van der Waals surface area contributed by atoms with Gasteiger partial charge in [0.1, 0.15) is 12.2 Å². The van der Waals surface area contributed by atoms with Gasteiger partial charge in [0.25, 0.3) is 0 Å². The summed E-state index contributed by atoms with van der Waals surface area (Å²) >= 11 is 0. The topological polar surface area (TPSA) is 84.2 Å². The third-order valence-electron chi connectivity index (χ3n) is 4.12. The molecule has 0 spiro atoms. The standard InChI is InChI=1S/C14H26F3NO4/c15-14(16,17)6-4-2-1-3-5-7-18-8-11(20)13(22)12(21)10(18)9-19/h10-13,19-22H,1-9H2/t10?,11-,12+,13+/m0/s1. The van der Waals surface area contributed by atoms with Crippen molar-refractivity contribution in [2.75, 3.05) is 19.7 Å². The maximum Gasteiger partial charge on any atom is 0.389 e. The molecule has 132 valence electrons. The summed E-state index contributed by atoms with van der Waals surface area (Å²) in [6.45, 7) is 0.361. The molecule has 5 nitrogen and oxygen atoms in total. The van der Waals surface area contributed by atoms with Crippen LogP contribution in [0.5, 0.6) is 0 Å². The number of likely N-dealkylation sites (tertiary alicyclic amines) is 1. The average molecular weight is 329 g/mol. The number of piperidine rings is 1. The van der Waals surface area contributed by atoms with Crippen LogP contribution in [0.3, 0.4) is 0 Å². The Bertz CT molecular complexity index is 317. The molecule has 1 fully saturated rings. The lowest BCUT2D eigenvalue weighted by atomic mass is 9.94. The molecule has 0 bridgehead atoms. The minimum absolute atomic E-state index is 0.135. The van der Waals surface area contributed by atoms with Gasteiger partial charge in [-0.05, 0) is 19.4 Å². The van der Waals surface area contributed by atoms with Gasteiger partial charge in [-0.15, -0.1) is 0 Å². The van der Waals surface area contributed by atoms with Crippen LogP contribution in [0, 0.1) is 0 Å². The summed E-state index contributed by atoms with van der Waals surface area (Å²) in [5, 5.41) is 38.3. The zero-order chi connectivity index (χ0) is 16.8. The molecule has 0 saturated carbocycles. The molecule has 1 unspecified atom stereocenters. The maximum absolute atomic E-state index is 12.0. The van der Waals surface area contributed by atoms with E-state index in [1.807, 2.05) is 0 Å². The van der Waals surface area contributed by atoms with Crippen molar-refractivity contribution in [1.82, 2.24) is 4.90 Å². The lowest BCUT2D eigenvalue weighted by molar-refractivity contribution is -0.145. The molecule has 1 aliphatic rings. The molecule has 1 saturated heterocycles. The van der Waals surface area contributed by atoms with E-state index in [-0.39, 0.29) is 19.6 Å². The lowest BCUT2D eigenvalue weighted by Gasteiger charge is -2.43. The van der Waals surface area contributed by atoms with Gasteiger partial charge in [-0.2, -0.15) is 13.2 Å². The van der Waals surface area contributed by atoms with Gasteiger partial charge in [-0.3, -0.25) is 4.90 Å². The SMILES string of the molecule is OCC1[C@@H](O)[C@H](O)[C@@H](O)CN1CCCCCCCC(F)(F)F. The van der Waals surface area contributed by atoms with Crippen LogP contribution in [0.15, 0.2) is 0 Å². The van der Waals surface area contributed by atoms with Crippen LogP contribution in [-0.4, -0.2) is 75.6 Å². The molecule has 4 atom stereocenters. The molecule has 4 N–H and O–H groups in total. The Hall–Kier alpha value is -0.410. The van der Waals surface area contributed by atoms with E-state index in [0.29, 0.717) is 25.8 Å². The molecule has 0 amide bonds. The quantitative estimate of drug-likeness (QED) is 0.492. The first-order chi connectivity index (χ1) is 10.3. The van der Waals surface area contributed by atoms with Gasteiger partial charge >= 0.3 is 6.18 Å². The van der Waals surface area contributed by atoms with E-state index in [1.54, 1.807) is 4.90 Å². The molecule has 0 aromatic heterocycles. The number of aliphatic hydroxyl groups is 4. The minimum atomic E-state index is -4.09.